The first-order chi connectivity index (χ1) is 11.1. The third-order valence-electron chi connectivity index (χ3n) is 4.08. The molecule has 0 unspecified atom stereocenters. The van der Waals surface area contributed by atoms with Crippen LogP contribution in [0.1, 0.15) is 36.0 Å². The predicted molar refractivity (Wildman–Crippen MR) is 84.7 cm³/mol. The van der Waals surface area contributed by atoms with E-state index in [1.165, 1.54) is 6.20 Å². The minimum atomic E-state index is -0.642. The number of likely N-dealkylation sites (tertiary alicyclic amines) is 1. The molecule has 0 aromatic carbocycles. The molecule has 0 aliphatic carbocycles. The molecule has 1 atom stereocenters. The van der Waals surface area contributed by atoms with E-state index in [0.717, 1.165) is 29.9 Å². The van der Waals surface area contributed by atoms with Crippen molar-refractivity contribution >= 4 is 17.5 Å². The molecule has 1 saturated heterocycles. The predicted octanol–water partition coefficient (Wildman–Crippen LogP) is 2.59. The van der Waals surface area contributed by atoms with E-state index in [9.17, 15) is 9.59 Å². The Bertz CT molecular complexity index is 738. The van der Waals surface area contributed by atoms with Crippen LogP contribution in [0.15, 0.2) is 35.0 Å². The third kappa shape index (κ3) is 3.11. The van der Waals surface area contributed by atoms with E-state index >= 15 is 0 Å². The summed E-state index contributed by atoms with van der Waals surface area (Å²) in [6.45, 7) is 4.28. The number of carbonyl (C=O) groups excluding carboxylic acids is 2. The number of hydrogen-bond acceptors (Lipinski definition) is 4. The summed E-state index contributed by atoms with van der Waals surface area (Å²) in [5, 5.41) is 2.64. The van der Waals surface area contributed by atoms with Gasteiger partial charge in [0.1, 0.15) is 11.5 Å². The number of carbonyl (C=O) groups is 2. The Kier molecular flexibility index (Phi) is 4.14. The number of aryl methyl sites for hydroxylation is 2. The molecular weight excluding hydrogens is 294 g/mol. The molecule has 2 aromatic heterocycles. The maximum atomic E-state index is 12.5. The lowest BCUT2D eigenvalue weighted by Crippen LogP contribution is -2.39. The number of nitrogens with one attached hydrogen (secondary N) is 1. The van der Waals surface area contributed by atoms with Gasteiger partial charge in [-0.15, -0.1) is 0 Å². The molecule has 0 bridgehead atoms. The number of aromatic nitrogens is 1. The fraction of sp³-hybridized carbons (Fsp3) is 0.353. The van der Waals surface area contributed by atoms with Gasteiger partial charge >= 0.3 is 11.8 Å². The first-order valence-corrected chi connectivity index (χ1v) is 7.65. The van der Waals surface area contributed by atoms with Crippen LogP contribution in [0.4, 0.5) is 5.69 Å². The van der Waals surface area contributed by atoms with Gasteiger partial charge in [0.05, 0.1) is 17.9 Å². The second kappa shape index (κ2) is 6.24. The van der Waals surface area contributed by atoms with Crippen molar-refractivity contribution in [3.63, 3.8) is 0 Å². The molecule has 2 amide bonds. The van der Waals surface area contributed by atoms with Gasteiger partial charge in [-0.2, -0.15) is 0 Å². The molecule has 6 heteroatoms. The Hall–Kier alpha value is -2.63. The standard InChI is InChI=1S/C17H19N3O3/c1-11-7-8-18-10-13(11)19-16(21)17(22)20-9-3-4-14(20)15-6-5-12(2)23-15/h5-8,10,14H,3-4,9H2,1-2H3,(H,19,21)/t14-/m0/s1. The molecule has 3 heterocycles. The molecule has 0 spiro atoms. The van der Waals surface area contributed by atoms with Gasteiger partial charge in [0.2, 0.25) is 0 Å². The molecular formula is C17H19N3O3. The van der Waals surface area contributed by atoms with E-state index in [1.54, 1.807) is 17.2 Å². The van der Waals surface area contributed by atoms with Crippen LogP contribution >= 0.6 is 0 Å². The first-order valence-electron chi connectivity index (χ1n) is 7.65. The molecule has 0 saturated carbocycles. The van der Waals surface area contributed by atoms with E-state index in [0.29, 0.717) is 12.2 Å². The van der Waals surface area contributed by atoms with Crippen LogP contribution < -0.4 is 5.32 Å². The van der Waals surface area contributed by atoms with E-state index in [2.05, 4.69) is 10.3 Å². The highest BCUT2D eigenvalue weighted by molar-refractivity contribution is 6.39. The highest BCUT2D eigenvalue weighted by Gasteiger charge is 2.35. The summed E-state index contributed by atoms with van der Waals surface area (Å²) in [7, 11) is 0. The summed E-state index contributed by atoms with van der Waals surface area (Å²) in [4.78, 5) is 30.3. The van der Waals surface area contributed by atoms with Gasteiger partial charge in [-0.25, -0.2) is 0 Å². The van der Waals surface area contributed by atoms with E-state index < -0.39 is 11.8 Å². The Morgan fingerprint density at radius 1 is 1.30 bits per heavy atom. The van der Waals surface area contributed by atoms with Crippen molar-refractivity contribution in [3.05, 3.63) is 47.7 Å². The summed E-state index contributed by atoms with van der Waals surface area (Å²) in [5.41, 5.74) is 1.41. The lowest BCUT2D eigenvalue weighted by molar-refractivity contribution is -0.144. The molecule has 120 valence electrons. The van der Waals surface area contributed by atoms with Crippen LogP contribution in [-0.4, -0.2) is 28.2 Å². The Morgan fingerprint density at radius 2 is 2.13 bits per heavy atom. The van der Waals surface area contributed by atoms with Gasteiger partial charge in [-0.05, 0) is 50.5 Å². The van der Waals surface area contributed by atoms with Crippen molar-refractivity contribution in [3.8, 4) is 0 Å². The Labute approximate surface area is 134 Å². The van der Waals surface area contributed by atoms with Crippen LogP contribution in [0.5, 0.6) is 0 Å². The van der Waals surface area contributed by atoms with Gasteiger partial charge in [0.15, 0.2) is 0 Å². The first kappa shape index (κ1) is 15.3. The summed E-state index contributed by atoms with van der Waals surface area (Å²) >= 11 is 0. The monoisotopic (exact) mass is 313 g/mol. The zero-order valence-electron chi connectivity index (χ0n) is 13.2. The van der Waals surface area contributed by atoms with Crippen LogP contribution in [-0.2, 0) is 9.59 Å². The number of nitrogens with zero attached hydrogens (tertiary/aromatic N) is 2. The summed E-state index contributed by atoms with van der Waals surface area (Å²) in [6.07, 6.45) is 4.84. The molecule has 3 rings (SSSR count). The highest BCUT2D eigenvalue weighted by Crippen LogP contribution is 2.33. The van der Waals surface area contributed by atoms with Gasteiger partial charge < -0.3 is 14.6 Å². The van der Waals surface area contributed by atoms with Gasteiger partial charge in [0.25, 0.3) is 0 Å². The van der Waals surface area contributed by atoms with Gasteiger partial charge in [-0.1, -0.05) is 0 Å². The normalized spacial score (nSPS) is 17.3. The molecule has 1 N–H and O–H groups in total. The van der Waals surface area contributed by atoms with Crippen molar-refractivity contribution in [1.82, 2.24) is 9.88 Å². The Balaban J connectivity index is 1.74. The zero-order chi connectivity index (χ0) is 16.4. The minimum absolute atomic E-state index is 0.169. The van der Waals surface area contributed by atoms with Crippen LogP contribution in [0.25, 0.3) is 0 Å². The molecule has 1 aliphatic rings. The maximum Gasteiger partial charge on any atom is 0.313 e. The molecule has 1 aliphatic heterocycles. The fourth-order valence-electron chi connectivity index (χ4n) is 2.84. The number of anilines is 1. The quantitative estimate of drug-likeness (QED) is 0.865. The van der Waals surface area contributed by atoms with Gasteiger partial charge in [-0.3, -0.25) is 14.6 Å². The number of amides is 2. The van der Waals surface area contributed by atoms with Crippen molar-refractivity contribution in [1.29, 1.82) is 0 Å². The van der Waals surface area contributed by atoms with Crippen molar-refractivity contribution in [2.45, 2.75) is 32.7 Å². The molecule has 23 heavy (non-hydrogen) atoms. The molecule has 1 fully saturated rings. The van der Waals surface area contributed by atoms with E-state index in [4.69, 9.17) is 4.42 Å². The van der Waals surface area contributed by atoms with E-state index in [-0.39, 0.29) is 6.04 Å². The van der Waals surface area contributed by atoms with Crippen molar-refractivity contribution < 1.29 is 14.0 Å². The number of pyridine rings is 1. The topological polar surface area (TPSA) is 75.4 Å². The lowest BCUT2D eigenvalue weighted by atomic mass is 10.1. The lowest BCUT2D eigenvalue weighted by Gasteiger charge is -2.22. The highest BCUT2D eigenvalue weighted by atomic mass is 16.3. The molecule has 6 nitrogen and oxygen atoms in total. The number of hydrogen-bond donors (Lipinski definition) is 1. The summed E-state index contributed by atoms with van der Waals surface area (Å²) in [5.74, 6) is 0.356. The average molecular weight is 313 g/mol. The number of furan rings is 1. The average Bonchev–Trinajstić information content (AvgIpc) is 3.17. The van der Waals surface area contributed by atoms with Crippen molar-refractivity contribution in [2.24, 2.45) is 0 Å². The zero-order valence-corrected chi connectivity index (χ0v) is 13.2. The van der Waals surface area contributed by atoms with Crippen LogP contribution in [0.2, 0.25) is 0 Å². The SMILES string of the molecule is Cc1ccc([C@@H]2CCCN2C(=O)C(=O)Nc2cnccc2C)o1. The minimum Gasteiger partial charge on any atom is -0.464 e. The van der Waals surface area contributed by atoms with Crippen LogP contribution in [0, 0.1) is 13.8 Å². The van der Waals surface area contributed by atoms with Gasteiger partial charge in [0, 0.05) is 12.7 Å². The molecule has 0 radical (unpaired) electrons. The second-order valence-corrected chi connectivity index (χ2v) is 5.75. The third-order valence-corrected chi connectivity index (χ3v) is 4.08. The van der Waals surface area contributed by atoms with Crippen LogP contribution in [0.3, 0.4) is 0 Å². The molecule has 2 aromatic rings. The maximum absolute atomic E-state index is 12.5. The van der Waals surface area contributed by atoms with E-state index in [1.807, 2.05) is 26.0 Å². The fourth-order valence-corrected chi connectivity index (χ4v) is 2.84. The van der Waals surface area contributed by atoms with Crippen molar-refractivity contribution in [2.75, 3.05) is 11.9 Å². The summed E-state index contributed by atoms with van der Waals surface area (Å²) < 4.78 is 5.63. The Morgan fingerprint density at radius 3 is 2.83 bits per heavy atom. The smallest absolute Gasteiger partial charge is 0.313 e. The summed E-state index contributed by atoms with van der Waals surface area (Å²) in [6, 6.07) is 5.35. The second-order valence-electron chi connectivity index (χ2n) is 5.75. The number of rotatable bonds is 2. The largest absolute Gasteiger partial charge is 0.464 e.